The Bertz CT molecular complexity index is 492. The molecule has 14 heavy (non-hydrogen) atoms. The van der Waals surface area contributed by atoms with Crippen molar-refractivity contribution in [2.45, 2.75) is 0 Å². The van der Waals surface area contributed by atoms with Gasteiger partial charge in [0.25, 0.3) is 0 Å². The summed E-state index contributed by atoms with van der Waals surface area (Å²) in [6.07, 6.45) is 1.73. The van der Waals surface area contributed by atoms with E-state index in [1.807, 2.05) is 6.07 Å². The van der Waals surface area contributed by atoms with Gasteiger partial charge < -0.3 is 5.73 Å². The lowest BCUT2D eigenvalue weighted by Crippen LogP contribution is -2.15. The Morgan fingerprint density at radius 3 is 3.07 bits per heavy atom. The standard InChI is InChI=1S/C9H8ClN3O/c10-9-8(6(14)5-11)13-4-2-1-3-7(13)12-9/h1-4H,5,11H2. The van der Waals surface area contributed by atoms with E-state index in [1.54, 1.807) is 22.7 Å². The second-order valence-corrected chi connectivity index (χ2v) is 3.17. The smallest absolute Gasteiger partial charge is 0.196 e. The Kier molecular flexibility index (Phi) is 2.23. The molecule has 0 spiro atoms. The third kappa shape index (κ3) is 1.29. The van der Waals surface area contributed by atoms with Gasteiger partial charge in [-0.3, -0.25) is 9.20 Å². The molecule has 0 atom stereocenters. The van der Waals surface area contributed by atoms with Gasteiger partial charge >= 0.3 is 0 Å². The van der Waals surface area contributed by atoms with E-state index in [9.17, 15) is 4.79 Å². The zero-order chi connectivity index (χ0) is 10.1. The number of rotatable bonds is 2. The topological polar surface area (TPSA) is 60.4 Å². The van der Waals surface area contributed by atoms with E-state index in [2.05, 4.69) is 4.98 Å². The molecule has 0 bridgehead atoms. The summed E-state index contributed by atoms with van der Waals surface area (Å²) >= 11 is 5.83. The normalized spacial score (nSPS) is 10.7. The fourth-order valence-electron chi connectivity index (χ4n) is 1.31. The molecule has 0 aliphatic carbocycles. The van der Waals surface area contributed by atoms with E-state index >= 15 is 0 Å². The zero-order valence-electron chi connectivity index (χ0n) is 7.27. The van der Waals surface area contributed by atoms with Gasteiger partial charge in [-0.25, -0.2) is 4.98 Å². The first-order valence-electron chi connectivity index (χ1n) is 4.10. The number of halogens is 1. The first kappa shape index (κ1) is 9.18. The Hall–Kier alpha value is -1.39. The van der Waals surface area contributed by atoms with Crippen molar-refractivity contribution in [1.82, 2.24) is 9.38 Å². The molecule has 0 radical (unpaired) electrons. The predicted octanol–water partition coefficient (Wildman–Crippen LogP) is 1.13. The number of carbonyl (C=O) groups is 1. The van der Waals surface area contributed by atoms with E-state index < -0.39 is 0 Å². The lowest BCUT2D eigenvalue weighted by molar-refractivity contribution is 0.0996. The summed E-state index contributed by atoms with van der Waals surface area (Å²) in [6, 6.07) is 5.41. The molecule has 2 N–H and O–H groups in total. The molecule has 0 unspecified atom stereocenters. The van der Waals surface area contributed by atoms with E-state index in [0.717, 1.165) is 0 Å². The van der Waals surface area contributed by atoms with Crippen molar-refractivity contribution in [3.05, 3.63) is 35.2 Å². The molecule has 0 amide bonds. The Morgan fingerprint density at radius 1 is 1.57 bits per heavy atom. The van der Waals surface area contributed by atoms with Gasteiger partial charge in [-0.05, 0) is 12.1 Å². The van der Waals surface area contributed by atoms with Crippen LogP contribution in [0.2, 0.25) is 5.15 Å². The molecule has 2 aromatic rings. The van der Waals surface area contributed by atoms with Gasteiger partial charge in [0.15, 0.2) is 10.9 Å². The lowest BCUT2D eigenvalue weighted by Gasteiger charge is -1.97. The minimum atomic E-state index is -0.214. The van der Waals surface area contributed by atoms with Gasteiger partial charge in [0, 0.05) is 6.20 Å². The second kappa shape index (κ2) is 3.40. The number of ketones is 1. The zero-order valence-corrected chi connectivity index (χ0v) is 8.03. The maximum Gasteiger partial charge on any atom is 0.196 e. The molecule has 72 valence electrons. The number of hydrogen-bond donors (Lipinski definition) is 1. The minimum absolute atomic E-state index is 0.0671. The largest absolute Gasteiger partial charge is 0.324 e. The Labute approximate surface area is 85.3 Å². The first-order chi connectivity index (χ1) is 6.74. The summed E-state index contributed by atoms with van der Waals surface area (Å²) in [5.41, 5.74) is 6.27. The number of carbonyl (C=O) groups excluding carboxylic acids is 1. The highest BCUT2D eigenvalue weighted by Crippen LogP contribution is 2.17. The van der Waals surface area contributed by atoms with E-state index in [4.69, 9.17) is 17.3 Å². The number of hydrogen-bond acceptors (Lipinski definition) is 3. The SMILES string of the molecule is NCC(=O)c1c(Cl)nc2ccccn12. The molecule has 2 aromatic heterocycles. The van der Waals surface area contributed by atoms with Crippen LogP contribution < -0.4 is 5.73 Å². The van der Waals surface area contributed by atoms with Crippen molar-refractivity contribution < 1.29 is 4.79 Å². The molecule has 0 aliphatic rings. The molecule has 0 saturated carbocycles. The highest BCUT2D eigenvalue weighted by molar-refractivity contribution is 6.33. The molecule has 0 aromatic carbocycles. The fraction of sp³-hybridized carbons (Fsp3) is 0.111. The number of fused-ring (bicyclic) bond motifs is 1. The number of Topliss-reactive ketones (excluding diaryl/α,β-unsaturated/α-hetero) is 1. The maximum atomic E-state index is 11.4. The maximum absolute atomic E-state index is 11.4. The van der Waals surface area contributed by atoms with Crippen LogP contribution in [0.1, 0.15) is 10.5 Å². The van der Waals surface area contributed by atoms with Crippen molar-refractivity contribution in [1.29, 1.82) is 0 Å². The van der Waals surface area contributed by atoms with Gasteiger partial charge in [-0.15, -0.1) is 0 Å². The van der Waals surface area contributed by atoms with Gasteiger partial charge in [-0.1, -0.05) is 17.7 Å². The van der Waals surface area contributed by atoms with Gasteiger partial charge in [0.1, 0.15) is 11.3 Å². The van der Waals surface area contributed by atoms with Crippen LogP contribution in [0.15, 0.2) is 24.4 Å². The summed E-state index contributed by atoms with van der Waals surface area (Å²) in [6.45, 7) is -0.0671. The van der Waals surface area contributed by atoms with Crippen LogP contribution >= 0.6 is 11.6 Å². The van der Waals surface area contributed by atoms with Crippen LogP contribution in [0.4, 0.5) is 0 Å². The summed E-state index contributed by atoms with van der Waals surface area (Å²) < 4.78 is 1.64. The summed E-state index contributed by atoms with van der Waals surface area (Å²) in [7, 11) is 0. The van der Waals surface area contributed by atoms with E-state index in [0.29, 0.717) is 11.3 Å². The van der Waals surface area contributed by atoms with Crippen LogP contribution in [0.5, 0.6) is 0 Å². The number of imidazole rings is 1. The summed E-state index contributed by atoms with van der Waals surface area (Å²) in [5, 5.41) is 0.201. The summed E-state index contributed by atoms with van der Waals surface area (Å²) in [5.74, 6) is -0.214. The van der Waals surface area contributed by atoms with Crippen molar-refractivity contribution in [2.75, 3.05) is 6.54 Å². The van der Waals surface area contributed by atoms with Crippen molar-refractivity contribution in [3.8, 4) is 0 Å². The molecule has 4 nitrogen and oxygen atoms in total. The number of nitrogens with zero attached hydrogens (tertiary/aromatic N) is 2. The number of aromatic nitrogens is 2. The Morgan fingerprint density at radius 2 is 2.36 bits per heavy atom. The fourth-order valence-corrected chi connectivity index (χ4v) is 1.60. The average molecular weight is 210 g/mol. The molecule has 0 aliphatic heterocycles. The van der Waals surface area contributed by atoms with E-state index in [1.165, 1.54) is 0 Å². The Balaban J connectivity index is 2.74. The van der Waals surface area contributed by atoms with Crippen LogP contribution in [0.25, 0.3) is 5.65 Å². The molecule has 2 rings (SSSR count). The highest BCUT2D eigenvalue weighted by Gasteiger charge is 2.15. The monoisotopic (exact) mass is 209 g/mol. The third-order valence-electron chi connectivity index (χ3n) is 1.94. The van der Waals surface area contributed by atoms with E-state index in [-0.39, 0.29) is 17.5 Å². The number of pyridine rings is 1. The van der Waals surface area contributed by atoms with Crippen LogP contribution in [-0.4, -0.2) is 21.7 Å². The van der Waals surface area contributed by atoms with Crippen LogP contribution in [-0.2, 0) is 0 Å². The predicted molar refractivity (Wildman–Crippen MR) is 53.6 cm³/mol. The van der Waals surface area contributed by atoms with Gasteiger partial charge in [0.2, 0.25) is 0 Å². The van der Waals surface area contributed by atoms with Gasteiger partial charge in [0.05, 0.1) is 6.54 Å². The molecule has 2 heterocycles. The second-order valence-electron chi connectivity index (χ2n) is 2.81. The van der Waals surface area contributed by atoms with Crippen molar-refractivity contribution in [2.24, 2.45) is 5.73 Å². The quantitative estimate of drug-likeness (QED) is 0.755. The highest BCUT2D eigenvalue weighted by atomic mass is 35.5. The van der Waals surface area contributed by atoms with Gasteiger partial charge in [-0.2, -0.15) is 0 Å². The van der Waals surface area contributed by atoms with Crippen LogP contribution in [0, 0.1) is 0 Å². The molecule has 0 fully saturated rings. The number of nitrogens with two attached hydrogens (primary N) is 1. The molecular formula is C9H8ClN3O. The average Bonchev–Trinajstić information content (AvgIpc) is 2.53. The first-order valence-corrected chi connectivity index (χ1v) is 4.47. The molecule has 0 saturated heterocycles. The minimum Gasteiger partial charge on any atom is -0.324 e. The van der Waals surface area contributed by atoms with Crippen molar-refractivity contribution >= 4 is 23.0 Å². The molecule has 5 heteroatoms. The summed E-state index contributed by atoms with van der Waals surface area (Å²) in [4.78, 5) is 15.5. The lowest BCUT2D eigenvalue weighted by atomic mass is 10.3. The van der Waals surface area contributed by atoms with Crippen molar-refractivity contribution in [3.63, 3.8) is 0 Å². The third-order valence-corrected chi connectivity index (χ3v) is 2.20. The molecular weight excluding hydrogens is 202 g/mol. The van der Waals surface area contributed by atoms with Crippen LogP contribution in [0.3, 0.4) is 0 Å².